The number of nitrogens with one attached hydrogen (secondary N) is 2. The van der Waals surface area contributed by atoms with Crippen LogP contribution in [0.1, 0.15) is 12.8 Å². The minimum Gasteiger partial charge on any atom is -0.496 e. The molecule has 1 heterocycles. The van der Waals surface area contributed by atoms with Crippen molar-refractivity contribution in [2.75, 3.05) is 7.11 Å². The summed E-state index contributed by atoms with van der Waals surface area (Å²) < 4.78 is 10.6. The van der Waals surface area contributed by atoms with Crippen molar-refractivity contribution in [1.82, 2.24) is 10.6 Å². The number of rotatable bonds is 4. The number of aliphatic hydroxyl groups is 1. The van der Waals surface area contributed by atoms with Crippen molar-refractivity contribution in [3.8, 4) is 0 Å². The normalized spacial score (nSPS) is 32.1. The van der Waals surface area contributed by atoms with E-state index >= 15 is 0 Å². The van der Waals surface area contributed by atoms with Gasteiger partial charge in [-0.2, -0.15) is 0 Å². The van der Waals surface area contributed by atoms with Gasteiger partial charge in [-0.25, -0.2) is 0 Å². The number of amides is 2. The monoisotopic (exact) mass is 326 g/mol. The molecule has 0 aromatic rings. The van der Waals surface area contributed by atoms with E-state index in [1.54, 1.807) is 6.08 Å². The standard InChI is InChI=1S/C14H18N2O5S/c1-3-21-10-6-7(5-9(20-2)11(10)17)4-8-12(18)15-14(22)16-13(8)19/h3-4,7,9-11,17H,1,5-6H2,2H3,(H2,15,16,18,19,22). The number of carbonyl (C=O) groups is 2. The van der Waals surface area contributed by atoms with Crippen LogP contribution < -0.4 is 10.6 Å². The molecule has 0 aromatic heterocycles. The van der Waals surface area contributed by atoms with Crippen LogP contribution in [-0.2, 0) is 19.1 Å². The van der Waals surface area contributed by atoms with Crippen LogP contribution in [0.3, 0.4) is 0 Å². The SMILES string of the molecule is C=COC1CC(C=C2C(=O)NC(=S)NC2=O)CC(OC)C1O. The number of hydrogen-bond donors (Lipinski definition) is 3. The second kappa shape index (κ2) is 6.99. The molecular formula is C14H18N2O5S. The summed E-state index contributed by atoms with van der Waals surface area (Å²) in [5.74, 6) is -1.22. The Morgan fingerprint density at radius 3 is 2.41 bits per heavy atom. The summed E-state index contributed by atoms with van der Waals surface area (Å²) in [6.07, 6.45) is 2.01. The first kappa shape index (κ1) is 16.6. The molecule has 0 aromatic carbocycles. The predicted molar refractivity (Wildman–Crippen MR) is 81.6 cm³/mol. The highest BCUT2D eigenvalue weighted by Gasteiger charge is 2.38. The molecule has 0 radical (unpaired) electrons. The highest BCUT2D eigenvalue weighted by molar-refractivity contribution is 7.80. The third-order valence-electron chi connectivity index (χ3n) is 3.75. The molecule has 2 rings (SSSR count). The molecule has 1 saturated carbocycles. The van der Waals surface area contributed by atoms with Gasteiger partial charge in [0.2, 0.25) is 0 Å². The summed E-state index contributed by atoms with van der Waals surface area (Å²) >= 11 is 4.75. The maximum atomic E-state index is 11.9. The van der Waals surface area contributed by atoms with Gasteiger partial charge in [0.1, 0.15) is 17.8 Å². The van der Waals surface area contributed by atoms with Crippen molar-refractivity contribution in [1.29, 1.82) is 0 Å². The quantitative estimate of drug-likeness (QED) is 0.285. The minimum absolute atomic E-state index is 0.00203. The number of methoxy groups -OCH3 is 1. The van der Waals surface area contributed by atoms with Gasteiger partial charge in [-0.1, -0.05) is 12.7 Å². The summed E-state index contributed by atoms with van der Waals surface area (Å²) in [7, 11) is 1.49. The second-order valence-electron chi connectivity index (χ2n) is 5.16. The summed E-state index contributed by atoms with van der Waals surface area (Å²) in [6, 6.07) is 0. The van der Waals surface area contributed by atoms with Crippen LogP contribution in [0.2, 0.25) is 0 Å². The molecule has 22 heavy (non-hydrogen) atoms. The molecule has 3 N–H and O–H groups in total. The van der Waals surface area contributed by atoms with E-state index in [9.17, 15) is 14.7 Å². The second-order valence-corrected chi connectivity index (χ2v) is 5.56. The van der Waals surface area contributed by atoms with Gasteiger partial charge in [-0.05, 0) is 31.0 Å². The van der Waals surface area contributed by atoms with E-state index in [2.05, 4.69) is 17.2 Å². The molecule has 8 heteroatoms. The van der Waals surface area contributed by atoms with Crippen LogP contribution in [-0.4, -0.2) is 47.5 Å². The van der Waals surface area contributed by atoms with Crippen molar-refractivity contribution in [2.45, 2.75) is 31.2 Å². The summed E-state index contributed by atoms with van der Waals surface area (Å²) in [6.45, 7) is 3.48. The first-order valence-electron chi connectivity index (χ1n) is 6.82. The Morgan fingerprint density at radius 1 is 1.27 bits per heavy atom. The Bertz CT molecular complexity index is 511. The van der Waals surface area contributed by atoms with Gasteiger partial charge in [0, 0.05) is 7.11 Å². The van der Waals surface area contributed by atoms with Crippen molar-refractivity contribution in [2.24, 2.45) is 5.92 Å². The topological polar surface area (TPSA) is 96.9 Å². The lowest BCUT2D eigenvalue weighted by atomic mass is 9.82. The van der Waals surface area contributed by atoms with Crippen LogP contribution >= 0.6 is 12.2 Å². The molecular weight excluding hydrogens is 308 g/mol. The molecule has 1 aliphatic heterocycles. The van der Waals surface area contributed by atoms with Gasteiger partial charge >= 0.3 is 0 Å². The fourth-order valence-electron chi connectivity index (χ4n) is 2.70. The van der Waals surface area contributed by atoms with E-state index in [1.807, 2.05) is 0 Å². The zero-order valence-corrected chi connectivity index (χ0v) is 12.9. The lowest BCUT2D eigenvalue weighted by Crippen LogP contribution is -2.51. The van der Waals surface area contributed by atoms with Gasteiger partial charge in [-0.15, -0.1) is 0 Å². The van der Waals surface area contributed by atoms with Gasteiger partial charge in [0.15, 0.2) is 5.11 Å². The Labute approximate surface area is 133 Å². The molecule has 0 bridgehead atoms. The van der Waals surface area contributed by atoms with Crippen molar-refractivity contribution < 1.29 is 24.2 Å². The number of aliphatic hydroxyl groups excluding tert-OH is 1. The summed E-state index contributed by atoms with van der Waals surface area (Å²) in [5.41, 5.74) is 0.00203. The average Bonchev–Trinajstić information content (AvgIpc) is 2.46. The van der Waals surface area contributed by atoms with Crippen LogP contribution in [0.4, 0.5) is 0 Å². The van der Waals surface area contributed by atoms with E-state index in [1.165, 1.54) is 13.4 Å². The van der Waals surface area contributed by atoms with Gasteiger partial charge < -0.3 is 14.6 Å². The fraction of sp³-hybridized carbons (Fsp3) is 0.500. The van der Waals surface area contributed by atoms with E-state index in [0.29, 0.717) is 12.8 Å². The molecule has 7 nitrogen and oxygen atoms in total. The Morgan fingerprint density at radius 2 is 1.86 bits per heavy atom. The Hall–Kier alpha value is -1.77. The molecule has 1 aliphatic carbocycles. The van der Waals surface area contributed by atoms with E-state index in [-0.39, 0.29) is 16.6 Å². The largest absolute Gasteiger partial charge is 0.496 e. The molecule has 2 amide bonds. The Balaban J connectivity index is 2.18. The molecule has 4 atom stereocenters. The number of allylic oxidation sites excluding steroid dienone is 1. The molecule has 4 unspecified atom stereocenters. The highest BCUT2D eigenvalue weighted by Crippen LogP contribution is 2.30. The highest BCUT2D eigenvalue weighted by atomic mass is 32.1. The van der Waals surface area contributed by atoms with Crippen LogP contribution in [0.25, 0.3) is 0 Å². The van der Waals surface area contributed by atoms with Gasteiger partial charge in [-0.3, -0.25) is 20.2 Å². The Kier molecular flexibility index (Phi) is 5.28. The minimum atomic E-state index is -0.792. The number of hydrogen-bond acceptors (Lipinski definition) is 6. The molecule has 120 valence electrons. The third kappa shape index (κ3) is 3.52. The van der Waals surface area contributed by atoms with E-state index in [0.717, 1.165) is 0 Å². The van der Waals surface area contributed by atoms with Crippen LogP contribution in [0, 0.1) is 5.92 Å². The first-order valence-corrected chi connectivity index (χ1v) is 7.22. The zero-order chi connectivity index (χ0) is 16.3. The summed E-state index contributed by atoms with van der Waals surface area (Å²) in [4.78, 5) is 23.7. The number of thiocarbonyl (C=S) groups is 1. The third-order valence-corrected chi connectivity index (χ3v) is 3.96. The van der Waals surface area contributed by atoms with E-state index in [4.69, 9.17) is 21.7 Å². The lowest BCUT2D eigenvalue weighted by Gasteiger charge is -2.37. The average molecular weight is 326 g/mol. The lowest BCUT2D eigenvalue weighted by molar-refractivity contribution is -0.123. The summed E-state index contributed by atoms with van der Waals surface area (Å²) in [5, 5.41) is 14.9. The predicted octanol–water partition coefficient (Wildman–Crippen LogP) is -0.242. The fourth-order valence-corrected chi connectivity index (χ4v) is 2.89. The zero-order valence-electron chi connectivity index (χ0n) is 12.1. The van der Waals surface area contributed by atoms with Crippen molar-refractivity contribution in [3.63, 3.8) is 0 Å². The van der Waals surface area contributed by atoms with Crippen LogP contribution in [0.5, 0.6) is 0 Å². The first-order chi connectivity index (χ1) is 10.5. The molecule has 0 spiro atoms. The molecule has 2 aliphatic rings. The number of ether oxygens (including phenoxy) is 2. The van der Waals surface area contributed by atoms with Crippen LogP contribution in [0.15, 0.2) is 24.5 Å². The van der Waals surface area contributed by atoms with E-state index < -0.39 is 30.1 Å². The van der Waals surface area contributed by atoms with Gasteiger partial charge in [0.05, 0.1) is 12.4 Å². The molecule has 1 saturated heterocycles. The van der Waals surface area contributed by atoms with Crippen molar-refractivity contribution >= 4 is 29.1 Å². The van der Waals surface area contributed by atoms with Gasteiger partial charge in [0.25, 0.3) is 11.8 Å². The maximum absolute atomic E-state index is 11.9. The maximum Gasteiger partial charge on any atom is 0.262 e. The molecule has 2 fully saturated rings. The number of carbonyl (C=O) groups excluding carboxylic acids is 2. The van der Waals surface area contributed by atoms with Crippen molar-refractivity contribution in [3.05, 3.63) is 24.5 Å². The smallest absolute Gasteiger partial charge is 0.262 e.